The van der Waals surface area contributed by atoms with Gasteiger partial charge in [0, 0.05) is 37.9 Å². The van der Waals surface area contributed by atoms with E-state index in [1.807, 2.05) is 18.2 Å². The van der Waals surface area contributed by atoms with Crippen LogP contribution in [0.25, 0.3) is 0 Å². The summed E-state index contributed by atoms with van der Waals surface area (Å²) in [7, 11) is 0. The van der Waals surface area contributed by atoms with E-state index in [4.69, 9.17) is 4.74 Å². The maximum atomic E-state index is 9.97. The molecule has 5 heteroatoms. The lowest BCUT2D eigenvalue weighted by Crippen LogP contribution is -2.55. The second-order valence-corrected chi connectivity index (χ2v) is 6.09. The lowest BCUT2D eigenvalue weighted by atomic mass is 9.91. The quantitative estimate of drug-likeness (QED) is 0.879. The fourth-order valence-electron chi connectivity index (χ4n) is 3.09. The molecule has 118 valence electrons. The van der Waals surface area contributed by atoms with Crippen molar-refractivity contribution in [3.63, 3.8) is 0 Å². The van der Waals surface area contributed by atoms with Gasteiger partial charge in [-0.25, -0.2) is 0 Å². The summed E-state index contributed by atoms with van der Waals surface area (Å²) >= 11 is 0. The average molecular weight is 301 g/mol. The molecule has 1 aromatic heterocycles. The smallest absolute Gasteiger partial charge is 0.108 e. The molecule has 0 bridgehead atoms. The van der Waals surface area contributed by atoms with E-state index in [9.17, 15) is 5.11 Å². The van der Waals surface area contributed by atoms with E-state index in [1.54, 1.807) is 6.20 Å². The summed E-state index contributed by atoms with van der Waals surface area (Å²) in [5.41, 5.74) is 3.04. The Bertz CT molecular complexity index is 600. The van der Waals surface area contributed by atoms with E-state index < -0.39 is 5.60 Å². The zero-order valence-corrected chi connectivity index (χ0v) is 13.0. The van der Waals surface area contributed by atoms with Crippen molar-refractivity contribution < 1.29 is 9.84 Å². The third kappa shape index (κ3) is 3.38. The van der Waals surface area contributed by atoms with Crippen LogP contribution in [-0.4, -0.2) is 52.1 Å². The summed E-state index contributed by atoms with van der Waals surface area (Å²) in [6.07, 6.45) is 2.50. The van der Waals surface area contributed by atoms with Gasteiger partial charge in [-0.1, -0.05) is 24.3 Å². The summed E-state index contributed by atoms with van der Waals surface area (Å²) in [6.45, 7) is 5.16. The first-order valence-corrected chi connectivity index (χ1v) is 7.71. The van der Waals surface area contributed by atoms with Crippen molar-refractivity contribution in [2.75, 3.05) is 26.3 Å². The number of ether oxygens (including phenoxy) is 1. The van der Waals surface area contributed by atoms with Gasteiger partial charge in [0.1, 0.15) is 5.60 Å². The topological polar surface area (TPSA) is 61.4 Å². The van der Waals surface area contributed by atoms with Gasteiger partial charge >= 0.3 is 0 Å². The van der Waals surface area contributed by atoms with Crippen molar-refractivity contribution in [1.82, 2.24) is 15.1 Å². The number of aromatic amines is 1. The fraction of sp³-hybridized carbons (Fsp3) is 0.471. The predicted octanol–water partition coefficient (Wildman–Crippen LogP) is 1.52. The van der Waals surface area contributed by atoms with Crippen LogP contribution in [0.15, 0.2) is 36.5 Å². The number of aromatic nitrogens is 2. The normalized spacial score (nSPS) is 22.8. The number of H-pyrrole nitrogens is 1. The zero-order chi connectivity index (χ0) is 15.4. The van der Waals surface area contributed by atoms with E-state index >= 15 is 0 Å². The van der Waals surface area contributed by atoms with Gasteiger partial charge in [-0.3, -0.25) is 10.00 Å². The standard InChI is InChI=1S/C17H23N3O2/c1-14-4-2-3-5-15(14)10-17(13-21)12-20(8-9-22-17)11-16-6-7-18-19-16/h2-7,21H,8-13H2,1H3,(H,18,19). The molecule has 2 N–H and O–H groups in total. The zero-order valence-electron chi connectivity index (χ0n) is 13.0. The largest absolute Gasteiger partial charge is 0.393 e. The molecular formula is C17H23N3O2. The minimum atomic E-state index is -0.523. The van der Waals surface area contributed by atoms with Crippen molar-refractivity contribution in [2.45, 2.75) is 25.5 Å². The molecule has 1 unspecified atom stereocenters. The number of nitrogens with zero attached hydrogens (tertiary/aromatic N) is 2. The Morgan fingerprint density at radius 3 is 2.95 bits per heavy atom. The van der Waals surface area contributed by atoms with Gasteiger partial charge < -0.3 is 9.84 Å². The minimum absolute atomic E-state index is 0.0286. The van der Waals surface area contributed by atoms with Crippen LogP contribution in [0.1, 0.15) is 16.8 Å². The highest BCUT2D eigenvalue weighted by atomic mass is 16.5. The summed E-state index contributed by atoms with van der Waals surface area (Å²) in [5, 5.41) is 17.0. The molecule has 1 atom stereocenters. The van der Waals surface area contributed by atoms with Crippen LogP contribution in [0, 0.1) is 6.92 Å². The lowest BCUT2D eigenvalue weighted by Gasteiger charge is -2.42. The molecule has 1 aliphatic heterocycles. The molecule has 1 aromatic carbocycles. The Labute approximate surface area is 130 Å². The third-order valence-corrected chi connectivity index (χ3v) is 4.34. The predicted molar refractivity (Wildman–Crippen MR) is 84.5 cm³/mol. The second-order valence-electron chi connectivity index (χ2n) is 6.09. The van der Waals surface area contributed by atoms with Crippen LogP contribution >= 0.6 is 0 Å². The summed E-state index contributed by atoms with van der Waals surface area (Å²) in [5.74, 6) is 0. The van der Waals surface area contributed by atoms with Crippen LogP contribution in [-0.2, 0) is 17.7 Å². The van der Waals surface area contributed by atoms with Crippen molar-refractivity contribution in [1.29, 1.82) is 0 Å². The van der Waals surface area contributed by atoms with E-state index in [-0.39, 0.29) is 6.61 Å². The van der Waals surface area contributed by atoms with Crippen LogP contribution in [0.5, 0.6) is 0 Å². The van der Waals surface area contributed by atoms with E-state index in [0.717, 1.165) is 31.7 Å². The van der Waals surface area contributed by atoms with Crippen molar-refractivity contribution in [3.05, 3.63) is 53.3 Å². The van der Waals surface area contributed by atoms with Crippen LogP contribution in [0.2, 0.25) is 0 Å². The summed E-state index contributed by atoms with van der Waals surface area (Å²) in [4.78, 5) is 2.31. The Morgan fingerprint density at radius 2 is 2.23 bits per heavy atom. The molecular weight excluding hydrogens is 278 g/mol. The molecule has 0 radical (unpaired) electrons. The fourth-order valence-corrected chi connectivity index (χ4v) is 3.09. The van der Waals surface area contributed by atoms with Gasteiger partial charge in [0.2, 0.25) is 0 Å². The molecule has 0 aliphatic carbocycles. The number of rotatable bonds is 5. The molecule has 0 saturated carbocycles. The maximum absolute atomic E-state index is 9.97. The van der Waals surface area contributed by atoms with Gasteiger partial charge in [-0.2, -0.15) is 5.10 Å². The van der Waals surface area contributed by atoms with Crippen molar-refractivity contribution in [2.24, 2.45) is 0 Å². The van der Waals surface area contributed by atoms with Gasteiger partial charge in [-0.15, -0.1) is 0 Å². The monoisotopic (exact) mass is 301 g/mol. The Balaban J connectivity index is 1.72. The van der Waals surface area contributed by atoms with Crippen LogP contribution in [0.3, 0.4) is 0 Å². The molecule has 22 heavy (non-hydrogen) atoms. The Morgan fingerprint density at radius 1 is 1.36 bits per heavy atom. The SMILES string of the molecule is Cc1ccccc1CC1(CO)CN(Cc2ccn[nH]2)CCO1. The maximum Gasteiger partial charge on any atom is 0.108 e. The second kappa shape index (κ2) is 6.60. The number of aliphatic hydroxyl groups excluding tert-OH is 1. The van der Waals surface area contributed by atoms with Gasteiger partial charge in [-0.05, 0) is 24.1 Å². The molecule has 1 saturated heterocycles. The van der Waals surface area contributed by atoms with Gasteiger partial charge in [0.25, 0.3) is 0 Å². The first-order chi connectivity index (χ1) is 10.7. The third-order valence-electron chi connectivity index (χ3n) is 4.34. The highest BCUT2D eigenvalue weighted by Gasteiger charge is 2.36. The van der Waals surface area contributed by atoms with Crippen molar-refractivity contribution in [3.8, 4) is 0 Å². The van der Waals surface area contributed by atoms with E-state index in [1.165, 1.54) is 11.1 Å². The number of nitrogens with one attached hydrogen (secondary N) is 1. The molecule has 0 spiro atoms. The highest BCUT2D eigenvalue weighted by molar-refractivity contribution is 5.27. The Hall–Kier alpha value is -1.69. The van der Waals surface area contributed by atoms with Crippen LogP contribution < -0.4 is 0 Å². The summed E-state index contributed by atoms with van der Waals surface area (Å²) in [6, 6.07) is 10.3. The molecule has 1 aliphatic rings. The molecule has 2 aromatic rings. The molecule has 3 rings (SSSR count). The average Bonchev–Trinajstić information content (AvgIpc) is 3.03. The number of morpholine rings is 1. The first kappa shape index (κ1) is 15.2. The van der Waals surface area contributed by atoms with Crippen molar-refractivity contribution >= 4 is 0 Å². The number of benzene rings is 1. The van der Waals surface area contributed by atoms with Crippen LogP contribution in [0.4, 0.5) is 0 Å². The highest BCUT2D eigenvalue weighted by Crippen LogP contribution is 2.25. The number of aryl methyl sites for hydroxylation is 1. The number of hydrogen-bond acceptors (Lipinski definition) is 4. The van der Waals surface area contributed by atoms with Gasteiger partial charge in [0.15, 0.2) is 0 Å². The number of aliphatic hydroxyl groups is 1. The molecule has 0 amide bonds. The molecule has 5 nitrogen and oxygen atoms in total. The van der Waals surface area contributed by atoms with E-state index in [2.05, 4.69) is 34.2 Å². The summed E-state index contributed by atoms with van der Waals surface area (Å²) < 4.78 is 6.01. The number of hydrogen-bond donors (Lipinski definition) is 2. The molecule has 1 fully saturated rings. The minimum Gasteiger partial charge on any atom is -0.393 e. The first-order valence-electron chi connectivity index (χ1n) is 7.71. The van der Waals surface area contributed by atoms with E-state index in [0.29, 0.717) is 6.61 Å². The lowest BCUT2D eigenvalue weighted by molar-refractivity contribution is -0.134. The Kier molecular flexibility index (Phi) is 4.57. The molecule has 2 heterocycles. The van der Waals surface area contributed by atoms with Gasteiger partial charge in [0.05, 0.1) is 13.2 Å².